The fourth-order valence-corrected chi connectivity index (χ4v) is 3.74. The van der Waals surface area contributed by atoms with E-state index in [1.165, 1.54) is 11.3 Å². The van der Waals surface area contributed by atoms with Crippen molar-refractivity contribution in [3.8, 4) is 0 Å². The van der Waals surface area contributed by atoms with Crippen LogP contribution in [0, 0.1) is 0 Å². The van der Waals surface area contributed by atoms with E-state index in [1.54, 1.807) is 0 Å². The van der Waals surface area contributed by atoms with Gasteiger partial charge in [-0.05, 0) is 12.1 Å². The Morgan fingerprint density at radius 3 is 2.70 bits per heavy atom. The second kappa shape index (κ2) is 6.66. The molecule has 0 saturated carbocycles. The number of nitrogens with two attached hydrogens (primary N) is 2. The molecule has 0 aliphatic heterocycles. The molecular formula is C11H11N3O4S2. The monoisotopic (exact) mass is 313 g/mol. The second-order valence-corrected chi connectivity index (χ2v) is 6.17. The number of nitrogens with zero attached hydrogens (tertiary/aromatic N) is 1. The number of carbonyl (C=O) groups is 2. The number of fused-ring (bicyclic) bond motifs is 1. The molecule has 106 valence electrons. The number of benzene rings is 1. The van der Waals surface area contributed by atoms with Gasteiger partial charge in [0.05, 0.1) is 16.6 Å². The number of thioether (sulfide) groups is 1. The maximum absolute atomic E-state index is 11.5. The highest BCUT2D eigenvalue weighted by molar-refractivity contribution is 8.02. The van der Waals surface area contributed by atoms with Gasteiger partial charge in [-0.15, -0.1) is 11.3 Å². The molecule has 0 aliphatic carbocycles. The maximum atomic E-state index is 11.5. The summed E-state index contributed by atoms with van der Waals surface area (Å²) >= 11 is 2.50. The van der Waals surface area contributed by atoms with Gasteiger partial charge < -0.3 is 9.68 Å². The number of para-hydroxylation sites is 1. The molecule has 1 unspecified atom stereocenters. The lowest BCUT2D eigenvalue weighted by atomic mass is 10.3. The van der Waals surface area contributed by atoms with Crippen molar-refractivity contribution in [2.24, 2.45) is 11.8 Å². The normalized spacial score (nSPS) is 12.1. The van der Waals surface area contributed by atoms with Crippen LogP contribution in [0.25, 0.3) is 10.2 Å². The van der Waals surface area contributed by atoms with Crippen molar-refractivity contribution in [3.63, 3.8) is 0 Å². The lowest BCUT2D eigenvalue weighted by Gasteiger charge is -2.09. The summed E-state index contributed by atoms with van der Waals surface area (Å²) in [5.41, 5.74) is 0.821. The molecule has 1 aromatic carbocycles. The van der Waals surface area contributed by atoms with E-state index in [-0.39, 0.29) is 6.42 Å². The second-order valence-electron chi connectivity index (χ2n) is 3.68. The maximum Gasteiger partial charge on any atom is 0.338 e. The molecule has 0 fully saturated rings. The molecule has 0 amide bonds. The lowest BCUT2D eigenvalue weighted by molar-refractivity contribution is -0.150. The first-order valence-electron chi connectivity index (χ1n) is 5.46. The fourth-order valence-electron chi connectivity index (χ4n) is 1.47. The van der Waals surface area contributed by atoms with Crippen molar-refractivity contribution in [1.82, 2.24) is 4.98 Å². The minimum atomic E-state index is -0.850. The topological polar surface area (TPSA) is 118 Å². The Hall–Kier alpha value is -1.68. The summed E-state index contributed by atoms with van der Waals surface area (Å²) in [6.07, 6.45) is -0.243. The van der Waals surface area contributed by atoms with Crippen LogP contribution < -0.4 is 11.8 Å². The summed E-state index contributed by atoms with van der Waals surface area (Å²) in [5.74, 6) is 8.15. The van der Waals surface area contributed by atoms with Crippen LogP contribution >= 0.6 is 23.1 Å². The minimum absolute atomic E-state index is 0.243. The predicted octanol–water partition coefficient (Wildman–Crippen LogP) is 0.981. The molecule has 2 rings (SSSR count). The van der Waals surface area contributed by atoms with Crippen LogP contribution in [-0.4, -0.2) is 22.2 Å². The molecule has 0 bridgehead atoms. The zero-order valence-corrected chi connectivity index (χ0v) is 11.8. The SMILES string of the molecule is NOC(=O)CC(Sc1nc2ccccc2s1)C(=O)ON. The molecule has 9 heteroatoms. The van der Waals surface area contributed by atoms with E-state index in [1.807, 2.05) is 24.3 Å². The first-order valence-corrected chi connectivity index (χ1v) is 7.16. The van der Waals surface area contributed by atoms with Gasteiger partial charge in [-0.3, -0.25) is 4.79 Å². The van der Waals surface area contributed by atoms with Crippen molar-refractivity contribution in [2.45, 2.75) is 16.0 Å². The van der Waals surface area contributed by atoms with Gasteiger partial charge in [-0.1, -0.05) is 23.9 Å². The third-order valence-electron chi connectivity index (χ3n) is 2.38. The van der Waals surface area contributed by atoms with Crippen molar-refractivity contribution < 1.29 is 19.3 Å². The Labute approximate surface area is 122 Å². The van der Waals surface area contributed by atoms with E-state index < -0.39 is 17.2 Å². The molecule has 1 aromatic heterocycles. The Kier molecular flexibility index (Phi) is 4.90. The van der Waals surface area contributed by atoms with E-state index >= 15 is 0 Å². The molecule has 1 heterocycles. The van der Waals surface area contributed by atoms with Gasteiger partial charge >= 0.3 is 11.9 Å². The zero-order valence-electron chi connectivity index (χ0n) is 10.1. The lowest BCUT2D eigenvalue weighted by Crippen LogP contribution is -2.27. The van der Waals surface area contributed by atoms with E-state index in [2.05, 4.69) is 14.7 Å². The quantitative estimate of drug-likeness (QED) is 0.619. The number of aromatic nitrogens is 1. The number of thiazole rings is 1. The summed E-state index contributed by atoms with van der Waals surface area (Å²) in [7, 11) is 0. The molecule has 0 aliphatic rings. The zero-order chi connectivity index (χ0) is 14.5. The van der Waals surface area contributed by atoms with E-state index in [0.717, 1.165) is 22.0 Å². The minimum Gasteiger partial charge on any atom is -0.373 e. The van der Waals surface area contributed by atoms with Gasteiger partial charge in [-0.2, -0.15) is 11.8 Å². The average Bonchev–Trinajstić information content (AvgIpc) is 2.87. The summed E-state index contributed by atoms with van der Waals surface area (Å²) in [6.45, 7) is 0. The molecule has 1 atom stereocenters. The summed E-state index contributed by atoms with van der Waals surface area (Å²) < 4.78 is 1.61. The van der Waals surface area contributed by atoms with E-state index in [4.69, 9.17) is 11.8 Å². The highest BCUT2D eigenvalue weighted by Gasteiger charge is 2.26. The molecule has 20 heavy (non-hydrogen) atoms. The van der Waals surface area contributed by atoms with Crippen LogP contribution in [0.4, 0.5) is 0 Å². The van der Waals surface area contributed by atoms with Crippen molar-refractivity contribution >= 4 is 45.3 Å². The summed E-state index contributed by atoms with van der Waals surface area (Å²) in [6, 6.07) is 7.54. The molecule has 0 saturated heterocycles. The van der Waals surface area contributed by atoms with Gasteiger partial charge in [0, 0.05) is 0 Å². The number of carbonyl (C=O) groups excluding carboxylic acids is 2. The van der Waals surface area contributed by atoms with Crippen LogP contribution in [0.1, 0.15) is 6.42 Å². The van der Waals surface area contributed by atoms with E-state index in [0.29, 0.717) is 4.34 Å². The smallest absolute Gasteiger partial charge is 0.338 e. The summed E-state index contributed by atoms with van der Waals surface area (Å²) in [4.78, 5) is 35.3. The van der Waals surface area contributed by atoms with Crippen molar-refractivity contribution in [1.29, 1.82) is 0 Å². The Bertz CT molecular complexity index is 598. The number of rotatable bonds is 5. The van der Waals surface area contributed by atoms with E-state index in [9.17, 15) is 9.59 Å². The van der Waals surface area contributed by atoms with Gasteiger partial charge in [0.2, 0.25) is 0 Å². The molecule has 0 spiro atoms. The highest BCUT2D eigenvalue weighted by Crippen LogP contribution is 2.33. The molecule has 4 N–H and O–H groups in total. The first kappa shape index (κ1) is 14.7. The molecular weight excluding hydrogens is 302 g/mol. The molecule has 0 radical (unpaired) electrons. The third-order valence-corrected chi connectivity index (χ3v) is 4.69. The largest absolute Gasteiger partial charge is 0.373 e. The fraction of sp³-hybridized carbons (Fsp3) is 0.182. The van der Waals surface area contributed by atoms with Crippen molar-refractivity contribution in [3.05, 3.63) is 24.3 Å². The highest BCUT2D eigenvalue weighted by atomic mass is 32.2. The van der Waals surface area contributed by atoms with Crippen LogP contribution in [0.2, 0.25) is 0 Å². The molecule has 2 aromatic rings. The standard InChI is InChI=1S/C11H11N3O4S2/c12-17-9(15)5-8(10(16)18-13)20-11-14-6-3-1-2-4-7(6)19-11/h1-4,8H,5,12-13H2. The Balaban J connectivity index is 2.17. The first-order chi connectivity index (χ1) is 9.63. The summed E-state index contributed by atoms with van der Waals surface area (Å²) in [5, 5.41) is -0.850. The Morgan fingerprint density at radius 2 is 2.05 bits per heavy atom. The van der Waals surface area contributed by atoms with Crippen LogP contribution in [0.5, 0.6) is 0 Å². The predicted molar refractivity (Wildman–Crippen MR) is 74.4 cm³/mol. The average molecular weight is 313 g/mol. The van der Waals surface area contributed by atoms with Crippen molar-refractivity contribution in [2.75, 3.05) is 0 Å². The van der Waals surface area contributed by atoms with Crippen LogP contribution in [-0.2, 0) is 19.3 Å². The van der Waals surface area contributed by atoms with Crippen LogP contribution in [0.3, 0.4) is 0 Å². The van der Waals surface area contributed by atoms with Gasteiger partial charge in [0.15, 0.2) is 4.34 Å². The number of hydrogen-bond donors (Lipinski definition) is 2. The molecule has 7 nitrogen and oxygen atoms in total. The van der Waals surface area contributed by atoms with Gasteiger partial charge in [0.25, 0.3) is 0 Å². The van der Waals surface area contributed by atoms with Gasteiger partial charge in [-0.25, -0.2) is 9.78 Å². The number of hydrogen-bond acceptors (Lipinski definition) is 9. The third kappa shape index (κ3) is 3.45. The van der Waals surface area contributed by atoms with Gasteiger partial charge in [0.1, 0.15) is 5.25 Å². The van der Waals surface area contributed by atoms with Crippen LogP contribution in [0.15, 0.2) is 28.6 Å². The Morgan fingerprint density at radius 1 is 1.30 bits per heavy atom.